The number of rotatable bonds is 7. The van der Waals surface area contributed by atoms with Crippen molar-refractivity contribution in [3.63, 3.8) is 0 Å². The summed E-state index contributed by atoms with van der Waals surface area (Å²) in [6.07, 6.45) is 4.73. The average Bonchev–Trinajstić information content (AvgIpc) is 3.17. The number of ether oxygens (including phenoxy) is 1. The first-order valence-electron chi connectivity index (χ1n) is 8.09. The van der Waals surface area contributed by atoms with Gasteiger partial charge < -0.3 is 9.15 Å². The first-order valence-corrected chi connectivity index (χ1v) is 9.74. The molecule has 1 aliphatic heterocycles. The van der Waals surface area contributed by atoms with Crippen LogP contribution in [0.2, 0.25) is 0 Å². The van der Waals surface area contributed by atoms with Crippen molar-refractivity contribution in [1.82, 2.24) is 19.7 Å². The zero-order chi connectivity index (χ0) is 17.0. The molecule has 0 radical (unpaired) electrons. The van der Waals surface area contributed by atoms with E-state index < -0.39 is 10.0 Å². The summed E-state index contributed by atoms with van der Waals surface area (Å²) in [7, 11) is -3.23. The maximum Gasteiger partial charge on any atom is 0.211 e. The van der Waals surface area contributed by atoms with E-state index >= 15 is 0 Å². The third-order valence-corrected chi connectivity index (χ3v) is 5.45. The van der Waals surface area contributed by atoms with Gasteiger partial charge in [-0.1, -0.05) is 18.6 Å². The predicted octanol–water partition coefficient (Wildman–Crippen LogP) is 1.40. The number of nitrogens with one attached hydrogen (secondary N) is 1. The lowest BCUT2D eigenvalue weighted by Crippen LogP contribution is -2.34. The molecule has 0 aliphatic carbocycles. The molecular formula is C15H22N4O4S. The van der Waals surface area contributed by atoms with Gasteiger partial charge in [0.15, 0.2) is 0 Å². The Kier molecular flexibility index (Phi) is 5.32. The largest absolute Gasteiger partial charge is 0.472 e. The molecule has 0 aromatic carbocycles. The van der Waals surface area contributed by atoms with Crippen LogP contribution in [0.15, 0.2) is 23.0 Å². The summed E-state index contributed by atoms with van der Waals surface area (Å²) in [4.78, 5) is 0. The normalized spacial score (nSPS) is 18.3. The number of aromatic nitrogens is 3. The monoisotopic (exact) mass is 354 g/mol. The highest BCUT2D eigenvalue weighted by atomic mass is 32.2. The fourth-order valence-electron chi connectivity index (χ4n) is 2.64. The third-order valence-electron chi connectivity index (χ3n) is 4.01. The molecule has 1 N–H and O–H groups in total. The average molecular weight is 354 g/mol. The van der Waals surface area contributed by atoms with Gasteiger partial charge in [0.1, 0.15) is 5.69 Å². The van der Waals surface area contributed by atoms with Crippen LogP contribution in [0.25, 0.3) is 11.3 Å². The van der Waals surface area contributed by atoms with Crippen LogP contribution in [0, 0.1) is 5.92 Å². The number of sulfonamides is 1. The Balaban J connectivity index is 1.66. The van der Waals surface area contributed by atoms with Gasteiger partial charge in [-0.25, -0.2) is 17.8 Å². The molecular weight excluding hydrogens is 332 g/mol. The molecule has 1 atom stereocenters. The van der Waals surface area contributed by atoms with Gasteiger partial charge in [0, 0.05) is 24.6 Å². The summed E-state index contributed by atoms with van der Waals surface area (Å²) >= 11 is 0. The van der Waals surface area contributed by atoms with Gasteiger partial charge in [0.05, 0.1) is 37.2 Å². The summed E-state index contributed by atoms with van der Waals surface area (Å²) in [5.74, 6) is 0.178. The van der Waals surface area contributed by atoms with E-state index in [4.69, 9.17) is 9.15 Å². The second-order valence-corrected chi connectivity index (χ2v) is 7.91. The lowest BCUT2D eigenvalue weighted by atomic mass is 10.1. The minimum Gasteiger partial charge on any atom is -0.472 e. The summed E-state index contributed by atoms with van der Waals surface area (Å²) in [6.45, 7) is 3.75. The minimum atomic E-state index is -3.23. The van der Waals surface area contributed by atoms with Crippen LogP contribution in [-0.4, -0.2) is 42.3 Å². The van der Waals surface area contributed by atoms with Crippen molar-refractivity contribution in [2.24, 2.45) is 5.92 Å². The highest BCUT2D eigenvalue weighted by Gasteiger charge is 2.23. The van der Waals surface area contributed by atoms with Crippen molar-refractivity contribution in [2.75, 3.05) is 18.9 Å². The second kappa shape index (κ2) is 7.45. The number of hydrogen-bond acceptors (Lipinski definition) is 6. The highest BCUT2D eigenvalue weighted by molar-refractivity contribution is 7.89. The zero-order valence-electron chi connectivity index (χ0n) is 13.6. The first-order chi connectivity index (χ1) is 11.6. The molecule has 8 nitrogen and oxygen atoms in total. The maximum absolute atomic E-state index is 11.9. The number of fused-ring (bicyclic) bond motifs is 1. The quantitative estimate of drug-likeness (QED) is 0.807. The van der Waals surface area contributed by atoms with E-state index in [0.29, 0.717) is 32.7 Å². The first kappa shape index (κ1) is 17.1. The minimum absolute atomic E-state index is 0.0153. The van der Waals surface area contributed by atoms with Gasteiger partial charge in [-0.05, 0) is 12.5 Å². The fourth-order valence-corrected chi connectivity index (χ4v) is 3.94. The second-order valence-electron chi connectivity index (χ2n) is 5.98. The van der Waals surface area contributed by atoms with Gasteiger partial charge in [-0.15, -0.1) is 5.10 Å². The van der Waals surface area contributed by atoms with E-state index in [0.717, 1.165) is 23.4 Å². The number of unbranched alkanes of at least 4 members (excludes halogenated alkanes) is 1. The van der Waals surface area contributed by atoms with Gasteiger partial charge in [-0.2, -0.15) is 0 Å². The van der Waals surface area contributed by atoms with E-state index in [9.17, 15) is 8.42 Å². The molecule has 3 rings (SSSR count). The van der Waals surface area contributed by atoms with Crippen LogP contribution < -0.4 is 4.72 Å². The third kappa shape index (κ3) is 4.03. The molecule has 24 heavy (non-hydrogen) atoms. The summed E-state index contributed by atoms with van der Waals surface area (Å²) in [5.41, 5.74) is 2.49. The molecule has 0 bridgehead atoms. The Morgan fingerprint density at radius 2 is 2.33 bits per heavy atom. The van der Waals surface area contributed by atoms with Gasteiger partial charge in [-0.3, -0.25) is 0 Å². The van der Waals surface area contributed by atoms with Crippen molar-refractivity contribution in [3.05, 3.63) is 24.3 Å². The lowest BCUT2D eigenvalue weighted by Gasteiger charge is -2.14. The number of furan rings is 1. The lowest BCUT2D eigenvalue weighted by molar-refractivity contribution is 0.0959. The fraction of sp³-hybridized carbons (Fsp3) is 0.600. The molecule has 1 aliphatic rings. The molecule has 0 saturated carbocycles. The maximum atomic E-state index is 11.9. The van der Waals surface area contributed by atoms with E-state index in [1.807, 2.05) is 13.0 Å². The molecule has 2 aromatic rings. The van der Waals surface area contributed by atoms with Crippen LogP contribution in [-0.2, 0) is 27.9 Å². The molecule has 0 amide bonds. The molecule has 9 heteroatoms. The van der Waals surface area contributed by atoms with E-state index in [1.54, 1.807) is 17.2 Å². The molecule has 132 valence electrons. The van der Waals surface area contributed by atoms with Crippen molar-refractivity contribution in [3.8, 4) is 11.3 Å². The smallest absolute Gasteiger partial charge is 0.211 e. The zero-order valence-corrected chi connectivity index (χ0v) is 14.5. The summed E-state index contributed by atoms with van der Waals surface area (Å²) < 4.78 is 39.1. The SMILES string of the molecule is CCCCS(=O)(=O)NC[C@H]1COCc2c(-c3ccoc3)nnn2C1. The van der Waals surface area contributed by atoms with Crippen molar-refractivity contribution in [1.29, 1.82) is 0 Å². The van der Waals surface area contributed by atoms with Crippen molar-refractivity contribution in [2.45, 2.75) is 32.9 Å². The van der Waals surface area contributed by atoms with Gasteiger partial charge >= 0.3 is 0 Å². The molecule has 0 spiro atoms. The summed E-state index contributed by atoms with van der Waals surface area (Å²) in [5, 5.41) is 8.38. The van der Waals surface area contributed by atoms with Crippen LogP contribution in [0.5, 0.6) is 0 Å². The van der Waals surface area contributed by atoms with Gasteiger partial charge in [0.25, 0.3) is 0 Å². The highest BCUT2D eigenvalue weighted by Crippen LogP contribution is 2.24. The van der Waals surface area contributed by atoms with Crippen LogP contribution in [0.3, 0.4) is 0 Å². The molecule has 3 heterocycles. The molecule has 2 aromatic heterocycles. The van der Waals surface area contributed by atoms with Crippen molar-refractivity contribution < 1.29 is 17.6 Å². The Morgan fingerprint density at radius 3 is 3.08 bits per heavy atom. The van der Waals surface area contributed by atoms with E-state index in [2.05, 4.69) is 15.0 Å². The Labute approximate surface area is 141 Å². The van der Waals surface area contributed by atoms with E-state index in [-0.39, 0.29) is 11.7 Å². The Hall–Kier alpha value is -1.71. The Morgan fingerprint density at radius 1 is 1.46 bits per heavy atom. The van der Waals surface area contributed by atoms with Crippen LogP contribution >= 0.6 is 0 Å². The molecule has 0 saturated heterocycles. The number of nitrogens with zero attached hydrogens (tertiary/aromatic N) is 3. The van der Waals surface area contributed by atoms with Crippen LogP contribution in [0.4, 0.5) is 0 Å². The Bertz CT molecular complexity index is 755. The predicted molar refractivity (Wildman–Crippen MR) is 87.6 cm³/mol. The standard InChI is InChI=1S/C15H22N4O4S/c1-2-3-6-24(20,21)16-7-12-8-19-14(11-23-9-12)15(17-18-19)13-4-5-22-10-13/h4-5,10,12,16H,2-3,6-9,11H2,1H3/t12-/m1/s1. The molecule has 0 unspecified atom stereocenters. The number of hydrogen-bond donors (Lipinski definition) is 1. The molecule has 0 fully saturated rings. The van der Waals surface area contributed by atoms with Gasteiger partial charge in [0.2, 0.25) is 10.0 Å². The van der Waals surface area contributed by atoms with Crippen molar-refractivity contribution >= 4 is 10.0 Å². The van der Waals surface area contributed by atoms with Crippen LogP contribution in [0.1, 0.15) is 25.5 Å². The summed E-state index contributed by atoms with van der Waals surface area (Å²) in [6, 6.07) is 1.83. The van der Waals surface area contributed by atoms with E-state index in [1.165, 1.54) is 0 Å². The topological polar surface area (TPSA) is 99.2 Å².